The maximum Gasteiger partial charge on any atom is 0.340 e. The van der Waals surface area contributed by atoms with Crippen molar-refractivity contribution in [2.24, 2.45) is 0 Å². The summed E-state index contributed by atoms with van der Waals surface area (Å²) in [5.41, 5.74) is 4.12. The van der Waals surface area contributed by atoms with Gasteiger partial charge in [0.1, 0.15) is 28.8 Å². The Morgan fingerprint density at radius 3 is 2.52 bits per heavy atom. The summed E-state index contributed by atoms with van der Waals surface area (Å²) in [6, 6.07) is 7.65. The molecule has 5 nitrogen and oxygen atoms in total. The van der Waals surface area contributed by atoms with E-state index in [2.05, 4.69) is 5.32 Å². The Kier molecular flexibility index (Phi) is 3.71. The Hall–Kier alpha value is -3.14. The predicted octanol–water partition coefficient (Wildman–Crippen LogP) is 2.86. The Labute approximate surface area is 118 Å². The number of nitriles is 1. The number of benzene rings is 2. The van der Waals surface area contributed by atoms with Gasteiger partial charge in [0.05, 0.1) is 17.1 Å². The number of carboxylic acid groups (broad SMARTS) is 1. The molecule has 106 valence electrons. The molecule has 2 rings (SSSR count). The second kappa shape index (κ2) is 5.46. The number of aromatic carboxylic acids is 1. The minimum atomic E-state index is -1.44. The SMILES string of the molecule is N#Cc1c(F)cccc1Nc1ccc(F)c(N)c1C(=O)O. The Morgan fingerprint density at radius 1 is 1.19 bits per heavy atom. The van der Waals surface area contributed by atoms with Crippen LogP contribution in [-0.2, 0) is 0 Å². The number of carbonyl (C=O) groups is 1. The summed E-state index contributed by atoms with van der Waals surface area (Å²) in [7, 11) is 0. The standard InChI is InChI=1S/C14H9F2N3O2/c15-8-2-1-3-10(7(8)6-17)19-11-5-4-9(16)13(18)12(11)14(20)21/h1-5,19H,18H2,(H,20,21). The first-order chi connectivity index (χ1) is 9.95. The van der Waals surface area contributed by atoms with Gasteiger partial charge in [0, 0.05) is 0 Å². The zero-order valence-electron chi connectivity index (χ0n) is 10.5. The summed E-state index contributed by atoms with van der Waals surface area (Å²) in [6.45, 7) is 0. The van der Waals surface area contributed by atoms with E-state index in [-0.39, 0.29) is 16.9 Å². The molecular formula is C14H9F2N3O2. The highest BCUT2D eigenvalue weighted by atomic mass is 19.1. The zero-order valence-corrected chi connectivity index (χ0v) is 10.5. The van der Waals surface area contributed by atoms with Crippen LogP contribution in [0.15, 0.2) is 30.3 Å². The van der Waals surface area contributed by atoms with Gasteiger partial charge in [-0.1, -0.05) is 6.07 Å². The van der Waals surface area contributed by atoms with E-state index in [4.69, 9.17) is 16.1 Å². The normalized spacial score (nSPS) is 9.95. The molecule has 0 amide bonds. The zero-order chi connectivity index (χ0) is 15.6. The lowest BCUT2D eigenvalue weighted by molar-refractivity contribution is 0.0698. The monoisotopic (exact) mass is 289 g/mol. The quantitative estimate of drug-likeness (QED) is 0.754. The minimum Gasteiger partial charge on any atom is -0.478 e. The molecule has 0 bridgehead atoms. The van der Waals surface area contributed by atoms with Crippen LogP contribution in [0.25, 0.3) is 0 Å². The van der Waals surface area contributed by atoms with Gasteiger partial charge in [0.15, 0.2) is 0 Å². The number of nitrogens with two attached hydrogens (primary N) is 1. The molecule has 0 aliphatic rings. The van der Waals surface area contributed by atoms with Gasteiger partial charge in [-0.2, -0.15) is 5.26 Å². The van der Waals surface area contributed by atoms with E-state index in [1.807, 2.05) is 0 Å². The van der Waals surface area contributed by atoms with E-state index in [0.717, 1.165) is 18.2 Å². The van der Waals surface area contributed by atoms with Crippen molar-refractivity contribution in [1.82, 2.24) is 0 Å². The molecule has 0 aromatic heterocycles. The number of hydrogen-bond donors (Lipinski definition) is 3. The van der Waals surface area contributed by atoms with Crippen molar-refractivity contribution in [1.29, 1.82) is 5.26 Å². The molecule has 0 saturated heterocycles. The van der Waals surface area contributed by atoms with Crippen LogP contribution in [-0.4, -0.2) is 11.1 Å². The number of nitrogens with zero attached hydrogens (tertiary/aromatic N) is 1. The molecule has 0 aliphatic carbocycles. The van der Waals surface area contributed by atoms with Crippen LogP contribution >= 0.6 is 0 Å². The third-order valence-corrected chi connectivity index (χ3v) is 2.80. The van der Waals surface area contributed by atoms with Gasteiger partial charge in [-0.3, -0.25) is 0 Å². The van der Waals surface area contributed by atoms with Gasteiger partial charge in [-0.15, -0.1) is 0 Å². The number of halogens is 2. The van der Waals surface area contributed by atoms with Crippen molar-refractivity contribution >= 4 is 23.0 Å². The van der Waals surface area contributed by atoms with E-state index in [0.29, 0.717) is 0 Å². The summed E-state index contributed by atoms with van der Waals surface area (Å²) in [5.74, 6) is -3.07. The van der Waals surface area contributed by atoms with E-state index in [1.54, 1.807) is 6.07 Å². The maximum absolute atomic E-state index is 13.5. The molecule has 0 fully saturated rings. The summed E-state index contributed by atoms with van der Waals surface area (Å²) in [5, 5.41) is 20.6. The number of nitrogens with one attached hydrogen (secondary N) is 1. The maximum atomic E-state index is 13.5. The van der Waals surface area contributed by atoms with Crippen LogP contribution in [0.3, 0.4) is 0 Å². The average Bonchev–Trinajstić information content (AvgIpc) is 2.43. The molecule has 0 aliphatic heterocycles. The van der Waals surface area contributed by atoms with E-state index in [9.17, 15) is 13.6 Å². The van der Waals surface area contributed by atoms with E-state index < -0.39 is 28.9 Å². The first kappa shape index (κ1) is 14.3. The highest BCUT2D eigenvalue weighted by molar-refractivity contribution is 6.01. The van der Waals surface area contributed by atoms with E-state index in [1.165, 1.54) is 12.1 Å². The van der Waals surface area contributed by atoms with Crippen molar-refractivity contribution < 1.29 is 18.7 Å². The summed E-state index contributed by atoms with van der Waals surface area (Å²) >= 11 is 0. The Balaban J connectivity index is 2.56. The fourth-order valence-electron chi connectivity index (χ4n) is 1.82. The molecule has 0 spiro atoms. The van der Waals surface area contributed by atoms with Crippen LogP contribution in [0, 0.1) is 23.0 Å². The van der Waals surface area contributed by atoms with Crippen LogP contribution in [0.1, 0.15) is 15.9 Å². The molecule has 0 heterocycles. The van der Waals surface area contributed by atoms with E-state index >= 15 is 0 Å². The number of nitrogen functional groups attached to an aromatic ring is 1. The summed E-state index contributed by atoms with van der Waals surface area (Å²) < 4.78 is 26.8. The van der Waals surface area contributed by atoms with Gasteiger partial charge >= 0.3 is 5.97 Å². The van der Waals surface area contributed by atoms with Gasteiger partial charge in [-0.05, 0) is 24.3 Å². The average molecular weight is 289 g/mol. The van der Waals surface area contributed by atoms with Gasteiger partial charge in [0.2, 0.25) is 0 Å². The van der Waals surface area contributed by atoms with Crippen LogP contribution in [0.5, 0.6) is 0 Å². The van der Waals surface area contributed by atoms with Gasteiger partial charge < -0.3 is 16.2 Å². The molecule has 21 heavy (non-hydrogen) atoms. The molecular weight excluding hydrogens is 280 g/mol. The summed E-state index contributed by atoms with van der Waals surface area (Å²) in [4.78, 5) is 11.2. The fourth-order valence-corrected chi connectivity index (χ4v) is 1.82. The lowest BCUT2D eigenvalue weighted by atomic mass is 10.1. The molecule has 2 aromatic carbocycles. The third kappa shape index (κ3) is 2.60. The lowest BCUT2D eigenvalue weighted by Gasteiger charge is -2.13. The molecule has 0 atom stereocenters. The smallest absolute Gasteiger partial charge is 0.340 e. The Bertz CT molecular complexity index is 770. The highest BCUT2D eigenvalue weighted by Gasteiger charge is 2.19. The van der Waals surface area contributed by atoms with Crippen molar-refractivity contribution in [3.63, 3.8) is 0 Å². The number of rotatable bonds is 3. The van der Waals surface area contributed by atoms with Gasteiger partial charge in [-0.25, -0.2) is 13.6 Å². The minimum absolute atomic E-state index is 0.0384. The number of anilines is 3. The molecule has 0 saturated carbocycles. The molecule has 0 unspecified atom stereocenters. The van der Waals surface area contributed by atoms with Crippen LogP contribution in [0.4, 0.5) is 25.8 Å². The number of hydrogen-bond acceptors (Lipinski definition) is 4. The molecule has 2 aromatic rings. The first-order valence-corrected chi connectivity index (χ1v) is 5.72. The van der Waals surface area contributed by atoms with Crippen molar-refractivity contribution in [3.05, 3.63) is 53.1 Å². The number of carboxylic acids is 1. The van der Waals surface area contributed by atoms with Crippen molar-refractivity contribution in [2.45, 2.75) is 0 Å². The second-order valence-electron chi connectivity index (χ2n) is 4.09. The van der Waals surface area contributed by atoms with Gasteiger partial charge in [0.25, 0.3) is 0 Å². The third-order valence-electron chi connectivity index (χ3n) is 2.80. The van der Waals surface area contributed by atoms with Crippen molar-refractivity contribution in [3.8, 4) is 6.07 Å². The fraction of sp³-hybridized carbons (Fsp3) is 0. The highest BCUT2D eigenvalue weighted by Crippen LogP contribution is 2.29. The molecule has 4 N–H and O–H groups in total. The molecule has 7 heteroatoms. The van der Waals surface area contributed by atoms with Crippen LogP contribution in [0.2, 0.25) is 0 Å². The second-order valence-corrected chi connectivity index (χ2v) is 4.09. The first-order valence-electron chi connectivity index (χ1n) is 5.72. The van der Waals surface area contributed by atoms with Crippen molar-refractivity contribution in [2.75, 3.05) is 11.1 Å². The largest absolute Gasteiger partial charge is 0.478 e. The topological polar surface area (TPSA) is 99.1 Å². The van der Waals surface area contributed by atoms with Crippen LogP contribution < -0.4 is 11.1 Å². The lowest BCUT2D eigenvalue weighted by Crippen LogP contribution is -2.09. The Morgan fingerprint density at radius 2 is 1.90 bits per heavy atom. The molecule has 0 radical (unpaired) electrons. The predicted molar refractivity (Wildman–Crippen MR) is 72.2 cm³/mol. The summed E-state index contributed by atoms with van der Waals surface area (Å²) in [6.07, 6.45) is 0.